The lowest BCUT2D eigenvalue weighted by Gasteiger charge is -2.35. The molecule has 1 N–H and O–H groups in total. The molecule has 7 heteroatoms. The number of imidazole rings is 1. The number of piperazine rings is 1. The smallest absolute Gasteiger partial charge is 0.157 e. The van der Waals surface area contributed by atoms with E-state index in [9.17, 15) is 0 Å². The molecule has 3 aromatic rings. The maximum absolute atomic E-state index is 4.61. The highest BCUT2D eigenvalue weighted by Gasteiger charge is 2.26. The van der Waals surface area contributed by atoms with Crippen LogP contribution in [0.4, 0.5) is 0 Å². The van der Waals surface area contributed by atoms with Gasteiger partial charge in [-0.15, -0.1) is 0 Å². The summed E-state index contributed by atoms with van der Waals surface area (Å²) in [6.45, 7) is 5.84. The lowest BCUT2D eigenvalue weighted by atomic mass is 10.1. The summed E-state index contributed by atoms with van der Waals surface area (Å²) in [6.07, 6.45) is 5.85. The van der Waals surface area contributed by atoms with Gasteiger partial charge in [-0.05, 0) is 18.6 Å². The number of hydrogen-bond donors (Lipinski definition) is 1. The molecule has 1 unspecified atom stereocenters. The second-order valence-electron chi connectivity index (χ2n) is 6.51. The van der Waals surface area contributed by atoms with Gasteiger partial charge in [-0.3, -0.25) is 9.58 Å². The summed E-state index contributed by atoms with van der Waals surface area (Å²) < 4.78 is 3.95. The van der Waals surface area contributed by atoms with Gasteiger partial charge in [0.25, 0.3) is 0 Å². The Kier molecular flexibility index (Phi) is 3.82. The maximum Gasteiger partial charge on any atom is 0.157 e. The largest absolute Gasteiger partial charge is 0.337 e. The van der Waals surface area contributed by atoms with Crippen molar-refractivity contribution in [2.45, 2.75) is 19.5 Å². The van der Waals surface area contributed by atoms with Crippen LogP contribution in [0.3, 0.4) is 0 Å². The van der Waals surface area contributed by atoms with Crippen LogP contribution in [0.5, 0.6) is 0 Å². The third-order valence-corrected chi connectivity index (χ3v) is 4.82. The van der Waals surface area contributed by atoms with Gasteiger partial charge in [-0.1, -0.05) is 0 Å². The molecule has 0 saturated carbocycles. The summed E-state index contributed by atoms with van der Waals surface area (Å²) in [5.74, 6) is 1.11. The van der Waals surface area contributed by atoms with Crippen LogP contribution in [0.1, 0.15) is 23.1 Å². The Bertz CT molecular complexity index is 863. The molecule has 24 heavy (non-hydrogen) atoms. The highest BCUT2D eigenvalue weighted by Crippen LogP contribution is 2.24. The van der Waals surface area contributed by atoms with Crippen LogP contribution < -0.4 is 5.32 Å². The van der Waals surface area contributed by atoms with Crippen LogP contribution in [0.15, 0.2) is 24.7 Å². The van der Waals surface area contributed by atoms with Gasteiger partial charge in [0, 0.05) is 64.3 Å². The molecular formula is C17H23N7. The van der Waals surface area contributed by atoms with Crippen molar-refractivity contribution in [3.05, 3.63) is 41.7 Å². The average Bonchev–Trinajstić information content (AvgIpc) is 3.12. The Hall–Kier alpha value is -2.25. The Balaban J connectivity index is 1.63. The van der Waals surface area contributed by atoms with Gasteiger partial charge >= 0.3 is 0 Å². The zero-order chi connectivity index (χ0) is 16.7. The number of nitrogens with zero attached hydrogens (tertiary/aromatic N) is 6. The van der Waals surface area contributed by atoms with Gasteiger partial charge in [0.15, 0.2) is 5.65 Å². The Morgan fingerprint density at radius 3 is 2.96 bits per heavy atom. The van der Waals surface area contributed by atoms with Crippen LogP contribution in [-0.2, 0) is 20.6 Å². The SMILES string of the molecule is Cc1nn(C)c2ncc(CN3CCNCC3c3nccn3C)cc12. The lowest BCUT2D eigenvalue weighted by molar-refractivity contribution is 0.144. The number of nitrogens with one attached hydrogen (secondary N) is 1. The fourth-order valence-electron chi connectivity index (χ4n) is 3.56. The zero-order valence-corrected chi connectivity index (χ0v) is 14.4. The van der Waals surface area contributed by atoms with Gasteiger partial charge in [0.2, 0.25) is 0 Å². The summed E-state index contributed by atoms with van der Waals surface area (Å²) in [7, 11) is 4.00. The van der Waals surface area contributed by atoms with E-state index < -0.39 is 0 Å². The lowest BCUT2D eigenvalue weighted by Crippen LogP contribution is -2.46. The quantitative estimate of drug-likeness (QED) is 0.783. The minimum absolute atomic E-state index is 0.282. The molecule has 0 amide bonds. The first-order valence-electron chi connectivity index (χ1n) is 8.33. The summed E-state index contributed by atoms with van der Waals surface area (Å²) in [5, 5.41) is 9.08. The molecule has 0 bridgehead atoms. The summed E-state index contributed by atoms with van der Waals surface area (Å²) in [6, 6.07) is 2.51. The van der Waals surface area contributed by atoms with E-state index in [0.29, 0.717) is 0 Å². The predicted molar refractivity (Wildman–Crippen MR) is 92.5 cm³/mol. The Labute approximate surface area is 141 Å². The Morgan fingerprint density at radius 1 is 1.29 bits per heavy atom. The van der Waals surface area contributed by atoms with Crippen LogP contribution in [0.25, 0.3) is 11.0 Å². The molecule has 1 atom stereocenters. The molecule has 4 heterocycles. The minimum Gasteiger partial charge on any atom is -0.337 e. The van der Waals surface area contributed by atoms with Crippen molar-refractivity contribution in [3.8, 4) is 0 Å². The molecule has 1 aliphatic rings. The van der Waals surface area contributed by atoms with Gasteiger partial charge in [0.05, 0.1) is 11.7 Å². The molecule has 0 spiro atoms. The summed E-state index contributed by atoms with van der Waals surface area (Å²) in [4.78, 5) is 11.6. The molecular weight excluding hydrogens is 302 g/mol. The van der Waals surface area contributed by atoms with Gasteiger partial charge < -0.3 is 9.88 Å². The third-order valence-electron chi connectivity index (χ3n) is 4.82. The minimum atomic E-state index is 0.282. The average molecular weight is 325 g/mol. The molecule has 4 rings (SSSR count). The van der Waals surface area contributed by atoms with Crippen LogP contribution in [0.2, 0.25) is 0 Å². The van der Waals surface area contributed by atoms with E-state index in [1.54, 1.807) is 0 Å². The van der Waals surface area contributed by atoms with Gasteiger partial charge in [-0.2, -0.15) is 5.10 Å². The van der Waals surface area contributed by atoms with Crippen LogP contribution >= 0.6 is 0 Å². The van der Waals surface area contributed by atoms with E-state index in [0.717, 1.165) is 48.7 Å². The topological polar surface area (TPSA) is 63.8 Å². The van der Waals surface area contributed by atoms with Crippen molar-refractivity contribution >= 4 is 11.0 Å². The van der Waals surface area contributed by atoms with E-state index in [-0.39, 0.29) is 6.04 Å². The first-order valence-corrected chi connectivity index (χ1v) is 8.33. The van der Waals surface area contributed by atoms with Gasteiger partial charge in [0.1, 0.15) is 5.82 Å². The number of aromatic nitrogens is 5. The van der Waals surface area contributed by atoms with Crippen molar-refractivity contribution in [2.24, 2.45) is 14.1 Å². The molecule has 0 aliphatic carbocycles. The first-order chi connectivity index (χ1) is 11.6. The van der Waals surface area contributed by atoms with Crippen molar-refractivity contribution in [1.82, 2.24) is 34.5 Å². The molecule has 0 aromatic carbocycles. The molecule has 126 valence electrons. The van der Waals surface area contributed by atoms with E-state index in [1.165, 1.54) is 5.56 Å². The highest BCUT2D eigenvalue weighted by molar-refractivity contribution is 5.78. The fraction of sp³-hybridized carbons (Fsp3) is 0.471. The second-order valence-corrected chi connectivity index (χ2v) is 6.51. The molecule has 1 aliphatic heterocycles. The van der Waals surface area contributed by atoms with Crippen LogP contribution in [0, 0.1) is 6.92 Å². The number of fused-ring (bicyclic) bond motifs is 1. The highest BCUT2D eigenvalue weighted by atomic mass is 15.3. The molecule has 7 nitrogen and oxygen atoms in total. The van der Waals surface area contributed by atoms with E-state index in [2.05, 4.69) is 43.0 Å². The normalized spacial score (nSPS) is 19.2. The zero-order valence-electron chi connectivity index (χ0n) is 14.4. The summed E-state index contributed by atoms with van der Waals surface area (Å²) in [5.41, 5.74) is 3.19. The maximum atomic E-state index is 4.61. The van der Waals surface area contributed by atoms with Gasteiger partial charge in [-0.25, -0.2) is 9.97 Å². The van der Waals surface area contributed by atoms with Crippen molar-refractivity contribution in [3.63, 3.8) is 0 Å². The predicted octanol–water partition coefficient (Wildman–Crippen LogP) is 1.16. The van der Waals surface area contributed by atoms with E-state index >= 15 is 0 Å². The number of rotatable bonds is 3. The monoisotopic (exact) mass is 325 g/mol. The number of aryl methyl sites for hydroxylation is 3. The molecule has 1 fully saturated rings. The molecule has 1 saturated heterocycles. The molecule has 0 radical (unpaired) electrons. The Morgan fingerprint density at radius 2 is 2.17 bits per heavy atom. The first kappa shape index (κ1) is 15.3. The fourth-order valence-corrected chi connectivity index (χ4v) is 3.56. The van der Waals surface area contributed by atoms with Crippen molar-refractivity contribution in [1.29, 1.82) is 0 Å². The molecule has 3 aromatic heterocycles. The number of hydrogen-bond acceptors (Lipinski definition) is 5. The van der Waals surface area contributed by atoms with Crippen molar-refractivity contribution in [2.75, 3.05) is 19.6 Å². The van der Waals surface area contributed by atoms with E-state index in [4.69, 9.17) is 0 Å². The van der Waals surface area contributed by atoms with E-state index in [1.807, 2.05) is 37.2 Å². The standard InChI is InChI=1S/C17H23N7/c1-12-14-8-13(9-20-16(14)23(3)21-12)11-24-7-4-18-10-15(24)17-19-5-6-22(17)2/h5-6,8-9,15,18H,4,7,10-11H2,1-3H3. The third kappa shape index (κ3) is 2.59. The second kappa shape index (κ2) is 5.99. The number of pyridine rings is 1. The van der Waals surface area contributed by atoms with Crippen molar-refractivity contribution < 1.29 is 0 Å². The summed E-state index contributed by atoms with van der Waals surface area (Å²) >= 11 is 0. The van der Waals surface area contributed by atoms with Crippen LogP contribution in [-0.4, -0.2) is 48.8 Å².